The summed E-state index contributed by atoms with van der Waals surface area (Å²) in [6.45, 7) is 0. The van der Waals surface area contributed by atoms with Crippen LogP contribution >= 0.6 is 0 Å². The molecule has 1 saturated carbocycles. The van der Waals surface area contributed by atoms with E-state index in [-0.39, 0.29) is 24.1 Å². The predicted molar refractivity (Wildman–Crippen MR) is 60.8 cm³/mol. The largest absolute Gasteiger partial charge is 0.393 e. The van der Waals surface area contributed by atoms with Gasteiger partial charge in [0.15, 0.2) is 0 Å². The Morgan fingerprint density at radius 2 is 1.88 bits per heavy atom. The molecule has 2 heterocycles. The van der Waals surface area contributed by atoms with Crippen molar-refractivity contribution in [3.8, 4) is 6.07 Å². The molecule has 17 heavy (non-hydrogen) atoms. The van der Waals surface area contributed by atoms with Crippen LogP contribution in [0, 0.1) is 16.7 Å². The summed E-state index contributed by atoms with van der Waals surface area (Å²) in [5.41, 5.74) is -0.719. The summed E-state index contributed by atoms with van der Waals surface area (Å²) in [6.07, 6.45) is 5.57. The number of rotatable bonds is 1. The molecule has 2 aliphatic heterocycles. The highest BCUT2D eigenvalue weighted by atomic mass is 16.3. The number of nitrogens with zero attached hydrogens (tertiary/aromatic N) is 2. The van der Waals surface area contributed by atoms with Crippen molar-refractivity contribution in [1.29, 1.82) is 5.26 Å². The quantitative estimate of drug-likeness (QED) is 0.741. The van der Waals surface area contributed by atoms with Gasteiger partial charge in [0.2, 0.25) is 5.91 Å². The van der Waals surface area contributed by atoms with E-state index in [1.54, 1.807) is 0 Å². The lowest BCUT2D eigenvalue weighted by atomic mass is 9.68. The van der Waals surface area contributed by atoms with E-state index in [1.165, 1.54) is 0 Å². The van der Waals surface area contributed by atoms with Gasteiger partial charge in [-0.2, -0.15) is 5.26 Å². The van der Waals surface area contributed by atoms with Crippen LogP contribution in [0.15, 0.2) is 0 Å². The summed E-state index contributed by atoms with van der Waals surface area (Å²) in [4.78, 5) is 14.5. The third-order valence-corrected chi connectivity index (χ3v) is 4.77. The second kappa shape index (κ2) is 3.71. The van der Waals surface area contributed by atoms with Gasteiger partial charge >= 0.3 is 0 Å². The molecule has 4 nitrogen and oxygen atoms in total. The third kappa shape index (κ3) is 1.49. The Balaban J connectivity index is 1.82. The van der Waals surface area contributed by atoms with E-state index in [2.05, 4.69) is 6.07 Å². The zero-order chi connectivity index (χ0) is 12.0. The first-order valence-electron chi connectivity index (χ1n) is 6.58. The van der Waals surface area contributed by atoms with Gasteiger partial charge in [-0.3, -0.25) is 4.79 Å². The number of nitriles is 1. The van der Waals surface area contributed by atoms with Gasteiger partial charge in [0.1, 0.15) is 5.41 Å². The molecule has 92 valence electrons. The molecule has 0 aromatic rings. The molecule has 0 aromatic carbocycles. The van der Waals surface area contributed by atoms with Crippen LogP contribution in [-0.4, -0.2) is 34.1 Å². The lowest BCUT2D eigenvalue weighted by Gasteiger charge is -2.44. The summed E-state index contributed by atoms with van der Waals surface area (Å²) < 4.78 is 0. The molecule has 0 radical (unpaired) electrons. The van der Waals surface area contributed by atoms with Gasteiger partial charge < -0.3 is 10.0 Å². The van der Waals surface area contributed by atoms with Gasteiger partial charge in [0.25, 0.3) is 0 Å². The van der Waals surface area contributed by atoms with Crippen molar-refractivity contribution in [1.82, 2.24) is 4.90 Å². The van der Waals surface area contributed by atoms with Crippen molar-refractivity contribution in [2.24, 2.45) is 5.41 Å². The Kier molecular flexibility index (Phi) is 2.41. The summed E-state index contributed by atoms with van der Waals surface area (Å²) >= 11 is 0. The molecule has 1 aliphatic carbocycles. The van der Waals surface area contributed by atoms with E-state index >= 15 is 0 Å². The average Bonchev–Trinajstić information content (AvgIpc) is 2.50. The smallest absolute Gasteiger partial charge is 0.243 e. The van der Waals surface area contributed by atoms with Crippen LogP contribution in [0.5, 0.6) is 0 Å². The van der Waals surface area contributed by atoms with Crippen LogP contribution in [-0.2, 0) is 4.79 Å². The van der Waals surface area contributed by atoms with Crippen LogP contribution in [0.4, 0.5) is 0 Å². The average molecular weight is 234 g/mol. The Bertz CT molecular complexity index is 369. The maximum Gasteiger partial charge on any atom is 0.243 e. The van der Waals surface area contributed by atoms with Crippen LogP contribution in [0.2, 0.25) is 0 Å². The highest BCUT2D eigenvalue weighted by Crippen LogP contribution is 2.46. The Morgan fingerprint density at radius 1 is 1.29 bits per heavy atom. The third-order valence-electron chi connectivity index (χ3n) is 4.77. The molecule has 2 bridgehead atoms. The van der Waals surface area contributed by atoms with Gasteiger partial charge in [0, 0.05) is 12.1 Å². The molecule has 2 atom stereocenters. The van der Waals surface area contributed by atoms with Crippen LogP contribution in [0.1, 0.15) is 44.9 Å². The minimum absolute atomic E-state index is 0.0469. The zero-order valence-electron chi connectivity index (χ0n) is 9.93. The molecule has 0 aromatic heterocycles. The number of fused-ring (bicyclic) bond motifs is 2. The normalized spacial score (nSPS) is 38.4. The molecule has 3 rings (SSSR count). The molecule has 1 N–H and O–H groups in total. The topological polar surface area (TPSA) is 64.3 Å². The fourth-order valence-electron chi connectivity index (χ4n) is 3.63. The number of aliphatic hydroxyl groups excluding tert-OH is 1. The molecule has 2 unspecified atom stereocenters. The first-order valence-corrected chi connectivity index (χ1v) is 6.58. The molecular formula is C13H18N2O2. The van der Waals surface area contributed by atoms with Crippen molar-refractivity contribution in [2.45, 2.75) is 63.1 Å². The summed E-state index contributed by atoms with van der Waals surface area (Å²) in [7, 11) is 0. The van der Waals surface area contributed by atoms with Gasteiger partial charge in [-0.05, 0) is 44.9 Å². The minimum atomic E-state index is -0.719. The number of hydrogen-bond acceptors (Lipinski definition) is 3. The van der Waals surface area contributed by atoms with E-state index in [0.717, 1.165) is 32.1 Å². The predicted octanol–water partition coefficient (Wildman–Crippen LogP) is 1.19. The van der Waals surface area contributed by atoms with Crippen molar-refractivity contribution < 1.29 is 9.90 Å². The first kappa shape index (κ1) is 11.0. The van der Waals surface area contributed by atoms with Crippen LogP contribution < -0.4 is 0 Å². The number of hydrogen-bond donors (Lipinski definition) is 1. The summed E-state index contributed by atoms with van der Waals surface area (Å²) in [5, 5.41) is 19.0. The number of aliphatic hydroxyl groups is 1. The van der Waals surface area contributed by atoms with E-state index in [4.69, 9.17) is 0 Å². The fraction of sp³-hybridized carbons (Fsp3) is 0.846. The van der Waals surface area contributed by atoms with E-state index in [0.29, 0.717) is 12.8 Å². The number of amides is 1. The Morgan fingerprint density at radius 3 is 2.29 bits per heavy atom. The Hall–Kier alpha value is -1.08. The SMILES string of the molecule is N#CC1(C(=O)N2C3CCC2CC(O)C3)CCC1. The highest BCUT2D eigenvalue weighted by molar-refractivity contribution is 5.87. The fourth-order valence-corrected chi connectivity index (χ4v) is 3.63. The van der Waals surface area contributed by atoms with Crippen molar-refractivity contribution in [3.63, 3.8) is 0 Å². The lowest BCUT2D eigenvalue weighted by Crippen LogP contribution is -2.55. The van der Waals surface area contributed by atoms with Crippen molar-refractivity contribution in [3.05, 3.63) is 0 Å². The molecular weight excluding hydrogens is 216 g/mol. The molecule has 3 aliphatic rings. The van der Waals surface area contributed by atoms with Gasteiger partial charge in [-0.1, -0.05) is 0 Å². The van der Waals surface area contributed by atoms with E-state index in [9.17, 15) is 15.2 Å². The van der Waals surface area contributed by atoms with Crippen molar-refractivity contribution in [2.75, 3.05) is 0 Å². The molecule has 1 amide bonds. The van der Waals surface area contributed by atoms with E-state index in [1.807, 2.05) is 4.90 Å². The van der Waals surface area contributed by atoms with Gasteiger partial charge in [-0.15, -0.1) is 0 Å². The van der Waals surface area contributed by atoms with Gasteiger partial charge in [-0.25, -0.2) is 0 Å². The van der Waals surface area contributed by atoms with Crippen LogP contribution in [0.3, 0.4) is 0 Å². The monoisotopic (exact) mass is 234 g/mol. The summed E-state index contributed by atoms with van der Waals surface area (Å²) in [5.74, 6) is 0.0469. The maximum atomic E-state index is 12.5. The minimum Gasteiger partial charge on any atom is -0.393 e. The molecule has 4 heteroatoms. The Labute approximate surface area is 101 Å². The maximum absolute atomic E-state index is 12.5. The molecule has 2 saturated heterocycles. The number of carbonyl (C=O) groups is 1. The second-order valence-corrected chi connectivity index (χ2v) is 5.77. The lowest BCUT2D eigenvalue weighted by molar-refractivity contribution is -0.149. The molecule has 0 spiro atoms. The van der Waals surface area contributed by atoms with E-state index < -0.39 is 5.41 Å². The van der Waals surface area contributed by atoms with Crippen LogP contribution in [0.25, 0.3) is 0 Å². The van der Waals surface area contributed by atoms with Gasteiger partial charge in [0.05, 0.1) is 12.2 Å². The summed E-state index contributed by atoms with van der Waals surface area (Å²) in [6, 6.07) is 2.60. The molecule has 3 fully saturated rings. The number of carbonyl (C=O) groups excluding carboxylic acids is 1. The zero-order valence-corrected chi connectivity index (χ0v) is 9.93. The highest BCUT2D eigenvalue weighted by Gasteiger charge is 2.52. The van der Waals surface area contributed by atoms with Crippen molar-refractivity contribution >= 4 is 5.91 Å². The number of piperidine rings is 1. The first-order chi connectivity index (χ1) is 8.16. The second-order valence-electron chi connectivity index (χ2n) is 5.77. The standard InChI is InChI=1S/C13H18N2O2/c14-8-13(4-1-5-13)12(17)15-9-2-3-10(15)7-11(16)6-9/h9-11,16H,1-7H2.